The van der Waals surface area contributed by atoms with Crippen LogP contribution in [0.5, 0.6) is 0 Å². The fourth-order valence-corrected chi connectivity index (χ4v) is 0.721. The molecule has 64 valence electrons. The van der Waals surface area contributed by atoms with E-state index in [-0.39, 0.29) is 5.92 Å². The number of hydrogen-bond donors (Lipinski definition) is 1. The summed E-state index contributed by atoms with van der Waals surface area (Å²) in [7, 11) is 0. The van der Waals surface area contributed by atoms with Crippen molar-refractivity contribution in [2.24, 2.45) is 5.92 Å². The number of aliphatic carboxylic acids is 1. The zero-order chi connectivity index (χ0) is 8.85. The lowest BCUT2D eigenvalue weighted by molar-refractivity contribution is -0.141. The Morgan fingerprint density at radius 3 is 2.55 bits per heavy atom. The first-order valence-corrected chi connectivity index (χ1v) is 3.97. The normalized spacial score (nSPS) is 12.5. The molecule has 1 N–H and O–H groups in total. The Morgan fingerprint density at radius 2 is 2.18 bits per heavy atom. The van der Waals surface area contributed by atoms with Gasteiger partial charge in [-0.2, -0.15) is 0 Å². The van der Waals surface area contributed by atoms with Crippen molar-refractivity contribution in [2.45, 2.75) is 33.1 Å². The van der Waals surface area contributed by atoms with Crippen LogP contribution in [-0.4, -0.2) is 11.1 Å². The minimum Gasteiger partial charge on any atom is -0.481 e. The Balaban J connectivity index is 3.54. The summed E-state index contributed by atoms with van der Waals surface area (Å²) in [6, 6.07) is 0. The molecule has 0 aliphatic rings. The molecular formula is C9H16O2. The highest BCUT2D eigenvalue weighted by Gasteiger charge is 2.09. The largest absolute Gasteiger partial charge is 0.481 e. The molecule has 0 saturated carbocycles. The van der Waals surface area contributed by atoms with Crippen LogP contribution in [0.15, 0.2) is 12.2 Å². The van der Waals surface area contributed by atoms with Gasteiger partial charge in [-0.3, -0.25) is 4.79 Å². The molecule has 1 atom stereocenters. The lowest BCUT2D eigenvalue weighted by Gasteiger charge is -2.05. The molecule has 0 aliphatic heterocycles. The van der Waals surface area contributed by atoms with Crippen molar-refractivity contribution >= 4 is 5.97 Å². The molecule has 0 heterocycles. The van der Waals surface area contributed by atoms with Crippen molar-refractivity contribution in [1.29, 1.82) is 0 Å². The summed E-state index contributed by atoms with van der Waals surface area (Å²) in [5.74, 6) is -0.952. The molecule has 0 fully saturated rings. The predicted octanol–water partition coefficient (Wildman–Crippen LogP) is 2.45. The number of carbonyl (C=O) groups is 1. The first kappa shape index (κ1) is 10.2. The molecule has 11 heavy (non-hydrogen) atoms. The summed E-state index contributed by atoms with van der Waals surface area (Å²) >= 11 is 0. The van der Waals surface area contributed by atoms with E-state index in [9.17, 15) is 4.79 Å². The van der Waals surface area contributed by atoms with Crippen molar-refractivity contribution < 1.29 is 9.90 Å². The number of carboxylic acid groups (broad SMARTS) is 1. The van der Waals surface area contributed by atoms with E-state index < -0.39 is 5.97 Å². The SMILES string of the molecule is C=C(CC)CCC(C)C(=O)O. The molecule has 0 spiro atoms. The molecular weight excluding hydrogens is 140 g/mol. The van der Waals surface area contributed by atoms with Gasteiger partial charge in [0, 0.05) is 0 Å². The summed E-state index contributed by atoms with van der Waals surface area (Å²) in [5.41, 5.74) is 1.14. The average molecular weight is 156 g/mol. The van der Waals surface area contributed by atoms with Gasteiger partial charge in [0.25, 0.3) is 0 Å². The van der Waals surface area contributed by atoms with Crippen LogP contribution in [0, 0.1) is 5.92 Å². The van der Waals surface area contributed by atoms with E-state index in [2.05, 4.69) is 6.58 Å². The zero-order valence-electron chi connectivity index (χ0n) is 7.26. The quantitative estimate of drug-likeness (QED) is 0.621. The zero-order valence-corrected chi connectivity index (χ0v) is 7.26. The summed E-state index contributed by atoms with van der Waals surface area (Å²) in [6.45, 7) is 7.57. The second-order valence-corrected chi connectivity index (χ2v) is 2.88. The van der Waals surface area contributed by atoms with E-state index >= 15 is 0 Å². The summed E-state index contributed by atoms with van der Waals surface area (Å²) in [4.78, 5) is 10.4. The van der Waals surface area contributed by atoms with Gasteiger partial charge in [-0.1, -0.05) is 26.0 Å². The van der Waals surface area contributed by atoms with Crippen LogP contribution in [-0.2, 0) is 4.79 Å². The van der Waals surface area contributed by atoms with Gasteiger partial charge in [-0.25, -0.2) is 0 Å². The molecule has 0 aromatic heterocycles. The Labute approximate surface area is 67.9 Å². The van der Waals surface area contributed by atoms with Crippen molar-refractivity contribution in [1.82, 2.24) is 0 Å². The fourth-order valence-electron chi connectivity index (χ4n) is 0.721. The maximum Gasteiger partial charge on any atom is 0.306 e. The standard InChI is InChI=1S/C9H16O2/c1-4-7(2)5-6-8(3)9(10)11/h8H,2,4-6H2,1,3H3,(H,10,11). The molecule has 2 heteroatoms. The Bertz CT molecular complexity index is 150. The van der Waals surface area contributed by atoms with Gasteiger partial charge in [0.1, 0.15) is 0 Å². The summed E-state index contributed by atoms with van der Waals surface area (Å²) in [5, 5.41) is 8.54. The van der Waals surface area contributed by atoms with Crippen LogP contribution in [0.3, 0.4) is 0 Å². The van der Waals surface area contributed by atoms with Crippen molar-refractivity contribution in [3.8, 4) is 0 Å². The Morgan fingerprint density at radius 1 is 1.64 bits per heavy atom. The van der Waals surface area contributed by atoms with Crippen LogP contribution in [0.2, 0.25) is 0 Å². The van der Waals surface area contributed by atoms with Crippen LogP contribution in [0.4, 0.5) is 0 Å². The van der Waals surface area contributed by atoms with Crippen molar-refractivity contribution in [2.75, 3.05) is 0 Å². The number of rotatable bonds is 5. The monoisotopic (exact) mass is 156 g/mol. The first-order chi connectivity index (χ1) is 5.07. The van der Waals surface area contributed by atoms with E-state index in [0.717, 1.165) is 18.4 Å². The third kappa shape index (κ3) is 4.59. The Hall–Kier alpha value is -0.790. The number of carboxylic acids is 1. The minimum absolute atomic E-state index is 0.238. The second-order valence-electron chi connectivity index (χ2n) is 2.88. The van der Waals surface area contributed by atoms with Crippen LogP contribution in [0.25, 0.3) is 0 Å². The van der Waals surface area contributed by atoms with E-state index in [0.29, 0.717) is 6.42 Å². The molecule has 0 rings (SSSR count). The van der Waals surface area contributed by atoms with Crippen LogP contribution in [0.1, 0.15) is 33.1 Å². The third-order valence-corrected chi connectivity index (χ3v) is 1.85. The smallest absolute Gasteiger partial charge is 0.306 e. The van der Waals surface area contributed by atoms with Gasteiger partial charge in [-0.15, -0.1) is 0 Å². The number of allylic oxidation sites excluding steroid dienone is 1. The van der Waals surface area contributed by atoms with Crippen molar-refractivity contribution in [3.05, 3.63) is 12.2 Å². The van der Waals surface area contributed by atoms with Gasteiger partial charge in [0.2, 0.25) is 0 Å². The predicted molar refractivity (Wildman–Crippen MR) is 45.5 cm³/mol. The topological polar surface area (TPSA) is 37.3 Å². The van der Waals surface area contributed by atoms with E-state index in [1.54, 1.807) is 6.92 Å². The van der Waals surface area contributed by atoms with Gasteiger partial charge < -0.3 is 5.11 Å². The van der Waals surface area contributed by atoms with Crippen LogP contribution >= 0.6 is 0 Å². The lowest BCUT2D eigenvalue weighted by atomic mass is 10.0. The summed E-state index contributed by atoms with van der Waals surface area (Å²) in [6.07, 6.45) is 2.50. The van der Waals surface area contributed by atoms with Crippen LogP contribution < -0.4 is 0 Å². The highest BCUT2D eigenvalue weighted by molar-refractivity contribution is 5.69. The highest BCUT2D eigenvalue weighted by Crippen LogP contribution is 2.12. The molecule has 0 aliphatic carbocycles. The van der Waals surface area contributed by atoms with Gasteiger partial charge >= 0.3 is 5.97 Å². The van der Waals surface area contributed by atoms with Gasteiger partial charge in [0.15, 0.2) is 0 Å². The molecule has 2 nitrogen and oxygen atoms in total. The maximum atomic E-state index is 10.4. The third-order valence-electron chi connectivity index (χ3n) is 1.85. The average Bonchev–Trinajstić information content (AvgIpc) is 1.99. The Kier molecular flexibility index (Phi) is 4.59. The molecule has 0 radical (unpaired) electrons. The number of hydrogen-bond acceptors (Lipinski definition) is 1. The van der Waals surface area contributed by atoms with E-state index in [1.165, 1.54) is 0 Å². The molecule has 1 unspecified atom stereocenters. The molecule has 0 bridgehead atoms. The van der Waals surface area contributed by atoms with Gasteiger partial charge in [-0.05, 0) is 19.3 Å². The highest BCUT2D eigenvalue weighted by atomic mass is 16.4. The van der Waals surface area contributed by atoms with Crippen molar-refractivity contribution in [3.63, 3.8) is 0 Å². The maximum absolute atomic E-state index is 10.4. The molecule has 0 saturated heterocycles. The molecule has 0 aromatic rings. The molecule has 0 aromatic carbocycles. The minimum atomic E-state index is -0.714. The lowest BCUT2D eigenvalue weighted by Crippen LogP contribution is -2.09. The fraction of sp³-hybridized carbons (Fsp3) is 0.667. The molecule has 0 amide bonds. The van der Waals surface area contributed by atoms with E-state index in [1.807, 2.05) is 6.92 Å². The van der Waals surface area contributed by atoms with E-state index in [4.69, 9.17) is 5.11 Å². The first-order valence-electron chi connectivity index (χ1n) is 3.97. The second kappa shape index (κ2) is 4.94. The summed E-state index contributed by atoms with van der Waals surface area (Å²) < 4.78 is 0. The van der Waals surface area contributed by atoms with Gasteiger partial charge in [0.05, 0.1) is 5.92 Å².